The Kier molecular flexibility index (Phi) is 7.13. The van der Waals surface area contributed by atoms with Crippen LogP contribution in [0.25, 0.3) is 6.08 Å². The molecule has 2 fully saturated rings. The van der Waals surface area contributed by atoms with Crippen LogP contribution in [0.3, 0.4) is 0 Å². The lowest BCUT2D eigenvalue weighted by atomic mass is 10.0. The van der Waals surface area contributed by atoms with Gasteiger partial charge in [0, 0.05) is 31.1 Å². The number of nitrogens with one attached hydrogen (secondary N) is 1. The first-order valence-electron chi connectivity index (χ1n) is 12.7. The molecule has 2 saturated heterocycles. The van der Waals surface area contributed by atoms with Gasteiger partial charge in [-0.25, -0.2) is 27.7 Å². The molecule has 1 aromatic heterocycles. The fraction of sp³-hybridized carbons (Fsp3) is 0.444. The largest absolute Gasteiger partial charge is 0.478 e. The zero-order valence-electron chi connectivity index (χ0n) is 22.2. The number of aliphatic carboxylic acids is 1. The van der Waals surface area contributed by atoms with Gasteiger partial charge in [0.1, 0.15) is 29.2 Å². The standard InChI is InChI=1S/C27H29F3N4O6/c1-26(2,3)40-25(37)31-11-18-13-38-27(39-18)6-7-33(14-27)23-20(30)9-15-8-16(24(35)36)12-34(22(15)32-23)21-5-4-17(28)10-19(21)29/h4-5,8-10,18H,6-7,11-14H2,1-3H3,(H,31,37)(H,35,36). The number of hydrogen-bond donors (Lipinski definition) is 2. The second-order valence-electron chi connectivity index (χ2n) is 10.9. The van der Waals surface area contributed by atoms with E-state index >= 15 is 4.39 Å². The number of benzene rings is 1. The summed E-state index contributed by atoms with van der Waals surface area (Å²) in [5.74, 6) is -4.63. The predicted molar refractivity (Wildman–Crippen MR) is 138 cm³/mol. The minimum atomic E-state index is -1.25. The number of halogens is 3. The highest BCUT2D eigenvalue weighted by atomic mass is 19.1. The fourth-order valence-corrected chi connectivity index (χ4v) is 4.91. The molecule has 0 bridgehead atoms. The summed E-state index contributed by atoms with van der Waals surface area (Å²) in [6, 6.07) is 4.06. The van der Waals surface area contributed by atoms with Crippen molar-refractivity contribution >= 4 is 35.5 Å². The van der Waals surface area contributed by atoms with E-state index in [2.05, 4.69) is 10.3 Å². The van der Waals surface area contributed by atoms with Crippen LogP contribution in [-0.2, 0) is 19.0 Å². The number of pyridine rings is 1. The molecule has 1 amide bonds. The number of carboxylic acids is 1. The summed E-state index contributed by atoms with van der Waals surface area (Å²) < 4.78 is 60.9. The van der Waals surface area contributed by atoms with Crippen LogP contribution in [0.15, 0.2) is 29.8 Å². The maximum absolute atomic E-state index is 15.4. The molecule has 40 heavy (non-hydrogen) atoms. The number of nitrogens with zero attached hydrogens (tertiary/aromatic N) is 3. The van der Waals surface area contributed by atoms with Crippen LogP contribution >= 0.6 is 0 Å². The molecule has 0 saturated carbocycles. The zero-order chi connectivity index (χ0) is 28.8. The van der Waals surface area contributed by atoms with Gasteiger partial charge in [-0.05, 0) is 45.0 Å². The smallest absolute Gasteiger partial charge is 0.407 e. The number of rotatable bonds is 5. The van der Waals surface area contributed by atoms with Crippen molar-refractivity contribution in [3.8, 4) is 0 Å². The van der Waals surface area contributed by atoms with Gasteiger partial charge >= 0.3 is 12.1 Å². The van der Waals surface area contributed by atoms with Crippen LogP contribution in [0.5, 0.6) is 0 Å². The van der Waals surface area contributed by atoms with Crippen LogP contribution in [0.2, 0.25) is 0 Å². The molecule has 1 spiro atoms. The molecule has 2 unspecified atom stereocenters. The Bertz CT molecular complexity index is 1380. The molecular formula is C27H29F3N4O6. The first-order valence-corrected chi connectivity index (χ1v) is 12.7. The molecule has 2 N–H and O–H groups in total. The van der Waals surface area contributed by atoms with Gasteiger partial charge in [-0.2, -0.15) is 0 Å². The number of amides is 1. The van der Waals surface area contributed by atoms with Gasteiger partial charge in [-0.15, -0.1) is 0 Å². The average Bonchev–Trinajstić information content (AvgIpc) is 3.46. The van der Waals surface area contributed by atoms with Crippen molar-refractivity contribution in [3.63, 3.8) is 0 Å². The normalized spacial score (nSPS) is 22.4. The number of ether oxygens (including phenoxy) is 3. The second-order valence-corrected chi connectivity index (χ2v) is 10.9. The summed E-state index contributed by atoms with van der Waals surface area (Å²) in [4.78, 5) is 31.1. The SMILES string of the molecule is CC(C)(C)OC(=O)NCC1COC2(CCN(c3nc4c(cc3F)C=C(C(=O)O)CN4c3ccc(F)cc3F)C2)O1. The lowest BCUT2D eigenvalue weighted by Crippen LogP contribution is -2.40. The number of hydrogen-bond acceptors (Lipinski definition) is 8. The van der Waals surface area contributed by atoms with Crippen LogP contribution in [0.1, 0.15) is 32.8 Å². The lowest BCUT2D eigenvalue weighted by Gasteiger charge is -2.31. The Morgan fingerprint density at radius 3 is 2.67 bits per heavy atom. The van der Waals surface area contributed by atoms with Crippen LogP contribution in [-0.4, -0.2) is 72.4 Å². The van der Waals surface area contributed by atoms with Gasteiger partial charge in [0.25, 0.3) is 0 Å². The second kappa shape index (κ2) is 10.3. The van der Waals surface area contributed by atoms with Crippen LogP contribution in [0, 0.1) is 17.5 Å². The van der Waals surface area contributed by atoms with E-state index in [9.17, 15) is 23.5 Å². The zero-order valence-corrected chi connectivity index (χ0v) is 22.2. The molecule has 13 heteroatoms. The van der Waals surface area contributed by atoms with E-state index in [0.717, 1.165) is 12.1 Å². The third-order valence-electron chi connectivity index (χ3n) is 6.64. The number of alkyl carbamates (subject to hydrolysis) is 1. The number of aromatic nitrogens is 1. The van der Waals surface area contributed by atoms with Crippen molar-refractivity contribution in [1.29, 1.82) is 0 Å². The summed E-state index contributed by atoms with van der Waals surface area (Å²) in [5, 5.41) is 12.2. The van der Waals surface area contributed by atoms with E-state index in [0.29, 0.717) is 19.0 Å². The van der Waals surface area contributed by atoms with E-state index in [1.165, 1.54) is 17.0 Å². The molecule has 2 atom stereocenters. The Morgan fingerprint density at radius 1 is 1.20 bits per heavy atom. The first kappa shape index (κ1) is 27.7. The maximum Gasteiger partial charge on any atom is 0.407 e. The highest BCUT2D eigenvalue weighted by molar-refractivity contribution is 5.97. The molecule has 10 nitrogen and oxygen atoms in total. The summed E-state index contributed by atoms with van der Waals surface area (Å²) in [6.45, 7) is 5.86. The van der Waals surface area contributed by atoms with Gasteiger partial charge in [-0.1, -0.05) is 0 Å². The number of carbonyl (C=O) groups is 2. The fourth-order valence-electron chi connectivity index (χ4n) is 4.91. The van der Waals surface area contributed by atoms with Crippen molar-refractivity contribution in [2.24, 2.45) is 0 Å². The van der Waals surface area contributed by atoms with Crippen molar-refractivity contribution in [2.75, 3.05) is 42.6 Å². The van der Waals surface area contributed by atoms with Crippen LogP contribution < -0.4 is 15.1 Å². The van der Waals surface area contributed by atoms with Gasteiger partial charge in [-0.3, -0.25) is 0 Å². The number of carbonyl (C=O) groups excluding carboxylic acids is 1. The van der Waals surface area contributed by atoms with Gasteiger partial charge in [0.2, 0.25) is 0 Å². The Morgan fingerprint density at radius 2 is 1.98 bits per heavy atom. The van der Waals surface area contributed by atoms with Crippen molar-refractivity contribution < 1.29 is 42.1 Å². The number of carboxylic acid groups (broad SMARTS) is 1. The van der Waals surface area contributed by atoms with E-state index < -0.39 is 47.0 Å². The molecular weight excluding hydrogens is 533 g/mol. The Labute approximate surface area is 228 Å². The monoisotopic (exact) mass is 562 g/mol. The Balaban J connectivity index is 1.35. The van der Waals surface area contributed by atoms with E-state index in [1.807, 2.05) is 0 Å². The summed E-state index contributed by atoms with van der Waals surface area (Å²) >= 11 is 0. The summed E-state index contributed by atoms with van der Waals surface area (Å²) in [6.07, 6.45) is 0.665. The molecule has 1 aromatic carbocycles. The maximum atomic E-state index is 15.4. The van der Waals surface area contributed by atoms with Crippen molar-refractivity contribution in [1.82, 2.24) is 10.3 Å². The Hall–Kier alpha value is -3.84. The molecule has 2 aromatic rings. The van der Waals surface area contributed by atoms with Crippen molar-refractivity contribution in [3.05, 3.63) is 52.9 Å². The lowest BCUT2D eigenvalue weighted by molar-refractivity contribution is -0.149. The molecule has 214 valence electrons. The van der Waals surface area contributed by atoms with E-state index in [4.69, 9.17) is 14.2 Å². The van der Waals surface area contributed by atoms with Gasteiger partial charge < -0.3 is 34.4 Å². The number of fused-ring (bicyclic) bond motifs is 1. The highest BCUT2D eigenvalue weighted by Crippen LogP contribution is 2.40. The summed E-state index contributed by atoms with van der Waals surface area (Å²) in [7, 11) is 0. The van der Waals surface area contributed by atoms with Gasteiger partial charge in [0.15, 0.2) is 17.4 Å². The van der Waals surface area contributed by atoms with E-state index in [-0.39, 0.29) is 54.7 Å². The average molecular weight is 563 g/mol. The quantitative estimate of drug-likeness (QED) is 0.559. The topological polar surface area (TPSA) is 113 Å². The molecule has 3 aliphatic rings. The van der Waals surface area contributed by atoms with E-state index in [1.54, 1.807) is 25.7 Å². The number of anilines is 3. The molecule has 3 aliphatic heterocycles. The molecule has 5 rings (SSSR count). The minimum absolute atomic E-state index is 0.0437. The predicted octanol–water partition coefficient (Wildman–Crippen LogP) is 3.97. The highest BCUT2D eigenvalue weighted by Gasteiger charge is 2.48. The summed E-state index contributed by atoms with van der Waals surface area (Å²) in [5.41, 5.74) is -0.701. The van der Waals surface area contributed by atoms with Crippen LogP contribution in [0.4, 0.5) is 35.3 Å². The van der Waals surface area contributed by atoms with Crippen molar-refractivity contribution in [2.45, 2.75) is 44.7 Å². The first-order chi connectivity index (χ1) is 18.8. The molecule has 4 heterocycles. The minimum Gasteiger partial charge on any atom is -0.478 e. The molecule has 0 aliphatic carbocycles. The third kappa shape index (κ3) is 5.70. The molecule has 0 radical (unpaired) electrons. The third-order valence-corrected chi connectivity index (χ3v) is 6.64. The van der Waals surface area contributed by atoms with Gasteiger partial charge in [0.05, 0.1) is 31.0 Å².